The van der Waals surface area contributed by atoms with E-state index < -0.39 is 10.8 Å². The number of non-ortho nitro benzene ring substituents is 1. The summed E-state index contributed by atoms with van der Waals surface area (Å²) in [5.74, 6) is -0.390. The number of nitro groups is 1. The van der Waals surface area contributed by atoms with E-state index in [1.54, 1.807) is 12.1 Å². The van der Waals surface area contributed by atoms with E-state index in [2.05, 4.69) is 10.6 Å². The Balaban J connectivity index is 1.92. The second-order valence-corrected chi connectivity index (χ2v) is 5.40. The van der Waals surface area contributed by atoms with Gasteiger partial charge in [-0.2, -0.15) is 0 Å². The van der Waals surface area contributed by atoms with E-state index in [1.807, 2.05) is 31.2 Å². The summed E-state index contributed by atoms with van der Waals surface area (Å²) in [7, 11) is 0. The number of aryl methyl sites for hydroxylation is 1. The molecule has 2 rings (SSSR count). The summed E-state index contributed by atoms with van der Waals surface area (Å²) in [5, 5.41) is 16.0. The van der Waals surface area contributed by atoms with Crippen molar-refractivity contribution >= 4 is 40.7 Å². The van der Waals surface area contributed by atoms with Gasteiger partial charge in [0.15, 0.2) is 5.11 Å². The van der Waals surface area contributed by atoms with Gasteiger partial charge in [0.25, 0.3) is 5.69 Å². The molecule has 0 aliphatic carbocycles. The minimum atomic E-state index is -0.503. The number of amides is 1. The third kappa shape index (κ3) is 5.29. The van der Waals surface area contributed by atoms with Crippen LogP contribution >= 0.6 is 12.2 Å². The summed E-state index contributed by atoms with van der Waals surface area (Å²) in [6.45, 7) is 1.98. The van der Waals surface area contributed by atoms with Crippen LogP contribution in [0.3, 0.4) is 0 Å². The highest BCUT2D eigenvalue weighted by Gasteiger charge is 2.07. The number of benzene rings is 2. The normalized spacial score (nSPS) is 10.4. The molecule has 7 heteroatoms. The number of hydrogen-bond donors (Lipinski definition) is 2. The molecular formula is C17H15N3O3S. The molecule has 2 aromatic carbocycles. The van der Waals surface area contributed by atoms with Gasteiger partial charge in [0, 0.05) is 23.9 Å². The van der Waals surface area contributed by atoms with Crippen molar-refractivity contribution < 1.29 is 9.72 Å². The maximum atomic E-state index is 11.8. The van der Waals surface area contributed by atoms with E-state index in [1.165, 1.54) is 24.3 Å². The molecule has 0 radical (unpaired) electrons. The second-order valence-electron chi connectivity index (χ2n) is 4.99. The Morgan fingerprint density at radius 1 is 1.21 bits per heavy atom. The van der Waals surface area contributed by atoms with Crippen LogP contribution in [0.4, 0.5) is 11.4 Å². The molecule has 0 aliphatic heterocycles. The van der Waals surface area contributed by atoms with Crippen molar-refractivity contribution in [2.45, 2.75) is 6.92 Å². The lowest BCUT2D eigenvalue weighted by molar-refractivity contribution is -0.384. The summed E-state index contributed by atoms with van der Waals surface area (Å²) in [5.41, 5.74) is 2.40. The lowest BCUT2D eigenvalue weighted by Gasteiger charge is -2.07. The molecule has 0 atom stereocenters. The summed E-state index contributed by atoms with van der Waals surface area (Å²) in [6, 6.07) is 13.6. The highest BCUT2D eigenvalue weighted by molar-refractivity contribution is 7.80. The number of hydrogen-bond acceptors (Lipinski definition) is 4. The monoisotopic (exact) mass is 341 g/mol. The molecule has 0 saturated heterocycles. The van der Waals surface area contributed by atoms with Gasteiger partial charge >= 0.3 is 0 Å². The van der Waals surface area contributed by atoms with Crippen LogP contribution in [0.1, 0.15) is 11.1 Å². The van der Waals surface area contributed by atoms with E-state index in [0.29, 0.717) is 5.69 Å². The fourth-order valence-electron chi connectivity index (χ4n) is 1.86. The van der Waals surface area contributed by atoms with Crippen molar-refractivity contribution in [1.29, 1.82) is 0 Å². The van der Waals surface area contributed by atoms with Gasteiger partial charge in [-0.1, -0.05) is 35.9 Å². The summed E-state index contributed by atoms with van der Waals surface area (Å²) in [6.07, 6.45) is 3.04. The third-order valence-electron chi connectivity index (χ3n) is 3.06. The van der Waals surface area contributed by atoms with Gasteiger partial charge in [-0.15, -0.1) is 0 Å². The molecule has 1 amide bonds. The number of carbonyl (C=O) groups excluding carboxylic acids is 1. The van der Waals surface area contributed by atoms with E-state index in [9.17, 15) is 14.9 Å². The lowest BCUT2D eigenvalue weighted by atomic mass is 10.1. The van der Waals surface area contributed by atoms with Crippen LogP contribution in [0.15, 0.2) is 54.6 Å². The van der Waals surface area contributed by atoms with Crippen LogP contribution in [0.5, 0.6) is 0 Å². The quantitative estimate of drug-likeness (QED) is 0.385. The zero-order valence-corrected chi connectivity index (χ0v) is 13.7. The van der Waals surface area contributed by atoms with E-state index in [0.717, 1.165) is 11.1 Å². The number of nitrogens with one attached hydrogen (secondary N) is 2. The first kappa shape index (κ1) is 17.3. The highest BCUT2D eigenvalue weighted by Crippen LogP contribution is 2.16. The second kappa shape index (κ2) is 7.98. The molecular weight excluding hydrogens is 326 g/mol. The molecule has 2 N–H and O–H groups in total. The first-order valence-corrected chi connectivity index (χ1v) is 7.46. The minimum absolute atomic E-state index is 0.0617. The number of rotatable bonds is 4. The van der Waals surface area contributed by atoms with Crippen LogP contribution < -0.4 is 10.6 Å². The highest BCUT2D eigenvalue weighted by atomic mass is 32.1. The molecule has 0 heterocycles. The Bertz CT molecular complexity index is 801. The van der Waals surface area contributed by atoms with Crippen molar-refractivity contribution in [3.63, 3.8) is 0 Å². The molecule has 0 fully saturated rings. The number of anilines is 1. The molecule has 24 heavy (non-hydrogen) atoms. The largest absolute Gasteiger partial charge is 0.332 e. The van der Waals surface area contributed by atoms with Crippen LogP contribution in [-0.4, -0.2) is 15.9 Å². The molecule has 0 aliphatic rings. The molecule has 0 spiro atoms. The van der Waals surface area contributed by atoms with Crippen LogP contribution in [-0.2, 0) is 4.79 Å². The smallest absolute Gasteiger partial charge is 0.271 e. The SMILES string of the molecule is Cc1ccc(/C=C/C(=O)NC(=S)Nc2cccc([N+](=O)[O-])c2)cc1. The van der Waals surface area contributed by atoms with Crippen LogP contribution in [0.25, 0.3) is 6.08 Å². The van der Waals surface area contributed by atoms with Crippen molar-refractivity contribution in [2.75, 3.05) is 5.32 Å². The molecule has 0 saturated carbocycles. The van der Waals surface area contributed by atoms with Crippen LogP contribution in [0, 0.1) is 17.0 Å². The van der Waals surface area contributed by atoms with E-state index in [4.69, 9.17) is 12.2 Å². The Labute approximate surface area is 144 Å². The molecule has 122 valence electrons. The topological polar surface area (TPSA) is 84.3 Å². The summed E-state index contributed by atoms with van der Waals surface area (Å²) >= 11 is 5.02. The van der Waals surface area contributed by atoms with Crippen molar-refractivity contribution in [1.82, 2.24) is 5.32 Å². The van der Waals surface area contributed by atoms with Crippen molar-refractivity contribution in [2.24, 2.45) is 0 Å². The zero-order chi connectivity index (χ0) is 17.5. The van der Waals surface area contributed by atoms with Gasteiger partial charge < -0.3 is 5.32 Å². The third-order valence-corrected chi connectivity index (χ3v) is 3.26. The van der Waals surface area contributed by atoms with Gasteiger partial charge in [0.1, 0.15) is 0 Å². The van der Waals surface area contributed by atoms with Gasteiger partial charge in [-0.25, -0.2) is 0 Å². The van der Waals surface area contributed by atoms with E-state index >= 15 is 0 Å². The maximum absolute atomic E-state index is 11.8. The number of nitrogens with zero attached hydrogens (tertiary/aromatic N) is 1. The summed E-state index contributed by atoms with van der Waals surface area (Å²) < 4.78 is 0. The number of carbonyl (C=O) groups is 1. The first-order valence-electron chi connectivity index (χ1n) is 7.05. The Kier molecular flexibility index (Phi) is 5.75. The lowest BCUT2D eigenvalue weighted by Crippen LogP contribution is -2.32. The average molecular weight is 341 g/mol. The predicted molar refractivity (Wildman–Crippen MR) is 97.7 cm³/mol. The van der Waals surface area contributed by atoms with Crippen LogP contribution in [0.2, 0.25) is 0 Å². The standard InChI is InChI=1S/C17H15N3O3S/c1-12-5-7-13(8-6-12)9-10-16(21)19-17(24)18-14-3-2-4-15(11-14)20(22)23/h2-11H,1H3,(H2,18,19,21,24)/b10-9+. The Morgan fingerprint density at radius 3 is 2.58 bits per heavy atom. The number of nitro benzene ring substituents is 1. The molecule has 0 bridgehead atoms. The summed E-state index contributed by atoms with van der Waals surface area (Å²) in [4.78, 5) is 22.0. The van der Waals surface area contributed by atoms with Gasteiger partial charge in [0.05, 0.1) is 4.92 Å². The fraction of sp³-hybridized carbons (Fsp3) is 0.0588. The first-order chi connectivity index (χ1) is 11.4. The molecule has 2 aromatic rings. The fourth-order valence-corrected chi connectivity index (χ4v) is 2.08. The number of thiocarbonyl (C=S) groups is 1. The Morgan fingerprint density at radius 2 is 1.92 bits per heavy atom. The van der Waals surface area contributed by atoms with Gasteiger partial charge in [-0.05, 0) is 36.8 Å². The zero-order valence-electron chi connectivity index (χ0n) is 12.9. The average Bonchev–Trinajstić information content (AvgIpc) is 2.54. The minimum Gasteiger partial charge on any atom is -0.332 e. The van der Waals surface area contributed by atoms with Crippen molar-refractivity contribution in [3.05, 3.63) is 75.8 Å². The molecule has 6 nitrogen and oxygen atoms in total. The van der Waals surface area contributed by atoms with Crippen molar-refractivity contribution in [3.8, 4) is 0 Å². The Hall–Kier alpha value is -3.06. The van der Waals surface area contributed by atoms with E-state index in [-0.39, 0.29) is 10.8 Å². The maximum Gasteiger partial charge on any atom is 0.271 e. The van der Waals surface area contributed by atoms with Gasteiger partial charge in [0.2, 0.25) is 5.91 Å². The molecule has 0 aromatic heterocycles. The van der Waals surface area contributed by atoms with Gasteiger partial charge in [-0.3, -0.25) is 20.2 Å². The predicted octanol–water partition coefficient (Wildman–Crippen LogP) is 3.43. The molecule has 0 unspecified atom stereocenters.